The predicted molar refractivity (Wildman–Crippen MR) is 91.3 cm³/mol. The van der Waals surface area contributed by atoms with Gasteiger partial charge in [-0.25, -0.2) is 9.97 Å². The third-order valence-corrected chi connectivity index (χ3v) is 4.70. The molecule has 3 rings (SSSR count). The zero-order valence-corrected chi connectivity index (χ0v) is 14.6. The number of hydrogen-bond acceptors (Lipinski definition) is 6. The minimum Gasteiger partial charge on any atom is -0.350 e. The third-order valence-electron chi connectivity index (χ3n) is 3.59. The molecule has 26 heavy (non-hydrogen) atoms. The molecule has 5 nitrogen and oxygen atoms in total. The maximum absolute atomic E-state index is 12.7. The van der Waals surface area contributed by atoms with Crippen molar-refractivity contribution in [1.29, 1.82) is 0 Å². The summed E-state index contributed by atoms with van der Waals surface area (Å²) in [5, 5.41) is 2.45. The zero-order valence-electron chi connectivity index (χ0n) is 13.0. The van der Waals surface area contributed by atoms with E-state index in [1.54, 1.807) is 6.26 Å². The third kappa shape index (κ3) is 3.19. The van der Waals surface area contributed by atoms with E-state index < -0.39 is 23.3 Å². The van der Waals surface area contributed by atoms with E-state index >= 15 is 0 Å². The highest BCUT2D eigenvalue weighted by Crippen LogP contribution is 2.36. The Labute approximate surface area is 154 Å². The first-order valence-electron chi connectivity index (χ1n) is 7.05. The molecule has 0 radical (unpaired) electrons. The fourth-order valence-corrected chi connectivity index (χ4v) is 3.23. The van der Waals surface area contributed by atoms with Crippen LogP contribution in [-0.2, 0) is 6.18 Å². The quantitative estimate of drug-likeness (QED) is 0.833. The number of aromatic nitrogens is 2. The topological polar surface area (TPSA) is 72.0 Å². The highest BCUT2D eigenvalue weighted by atomic mass is 35.5. The van der Waals surface area contributed by atoms with Crippen molar-refractivity contribution in [3.63, 3.8) is 0 Å². The predicted octanol–water partition coefficient (Wildman–Crippen LogP) is 4.21. The molecule has 0 atom stereocenters. The van der Waals surface area contributed by atoms with Gasteiger partial charge in [0, 0.05) is 6.20 Å². The second-order valence-corrected chi connectivity index (χ2v) is 6.39. The number of benzene rings is 1. The van der Waals surface area contributed by atoms with Crippen LogP contribution in [0.25, 0.3) is 0 Å². The van der Waals surface area contributed by atoms with E-state index in [4.69, 9.17) is 11.6 Å². The summed E-state index contributed by atoms with van der Waals surface area (Å²) in [6.07, 6.45) is -0.565. The Morgan fingerprint density at radius 2 is 1.92 bits per heavy atom. The number of rotatable bonds is 3. The molecule has 1 aromatic heterocycles. The molecule has 10 heteroatoms. The standard InChI is InChI=1S/C16H9ClF3N3O2S/c1-26-15-12(13(24)8-5-21-6-22-11(8)14(15)25)23-10-3-2-7(4-9(10)17)16(18,19)20/h2-6,23H,1H3. The Bertz CT molecular complexity index is 960. The van der Waals surface area contributed by atoms with E-state index in [0.29, 0.717) is 0 Å². The van der Waals surface area contributed by atoms with Crippen LogP contribution in [0.1, 0.15) is 26.4 Å². The molecule has 1 aromatic carbocycles. The molecule has 1 heterocycles. The van der Waals surface area contributed by atoms with Gasteiger partial charge in [0.1, 0.15) is 17.7 Å². The van der Waals surface area contributed by atoms with Crippen LogP contribution in [0.4, 0.5) is 18.9 Å². The van der Waals surface area contributed by atoms with Gasteiger partial charge in [-0.05, 0) is 24.5 Å². The van der Waals surface area contributed by atoms with Crippen LogP contribution in [0, 0.1) is 0 Å². The Kier molecular flexibility index (Phi) is 4.76. The van der Waals surface area contributed by atoms with Gasteiger partial charge in [0.05, 0.1) is 26.7 Å². The van der Waals surface area contributed by atoms with Gasteiger partial charge >= 0.3 is 6.18 Å². The number of halogens is 4. The molecule has 0 unspecified atom stereocenters. The van der Waals surface area contributed by atoms with Gasteiger partial charge in [-0.1, -0.05) is 11.6 Å². The van der Waals surface area contributed by atoms with Crippen LogP contribution < -0.4 is 5.32 Å². The number of thioether (sulfide) groups is 1. The molecule has 1 aliphatic carbocycles. The number of ketones is 2. The van der Waals surface area contributed by atoms with Crippen molar-refractivity contribution in [1.82, 2.24) is 9.97 Å². The minimum atomic E-state index is -4.54. The summed E-state index contributed by atoms with van der Waals surface area (Å²) in [6, 6.07) is 2.68. The van der Waals surface area contributed by atoms with Crippen molar-refractivity contribution >= 4 is 40.6 Å². The number of hydrogen-bond donors (Lipinski definition) is 1. The second-order valence-electron chi connectivity index (χ2n) is 5.17. The molecule has 0 saturated carbocycles. The van der Waals surface area contributed by atoms with Crippen molar-refractivity contribution in [2.45, 2.75) is 6.18 Å². The summed E-state index contributed by atoms with van der Waals surface area (Å²) in [7, 11) is 0. The summed E-state index contributed by atoms with van der Waals surface area (Å²) in [5.41, 5.74) is -0.926. The van der Waals surface area contributed by atoms with Crippen LogP contribution in [0.5, 0.6) is 0 Å². The SMILES string of the molecule is CSC1=C(Nc2ccc(C(F)(F)F)cc2Cl)C(=O)c2cncnc2C1=O. The number of fused-ring (bicyclic) bond motifs is 1. The summed E-state index contributed by atoms with van der Waals surface area (Å²) in [5.74, 6) is -1.01. The first-order chi connectivity index (χ1) is 12.2. The minimum absolute atomic E-state index is 0.0147. The molecular formula is C16H9ClF3N3O2S. The number of allylic oxidation sites excluding steroid dienone is 2. The maximum Gasteiger partial charge on any atom is 0.416 e. The van der Waals surface area contributed by atoms with Gasteiger partial charge in [-0.3, -0.25) is 9.59 Å². The highest BCUT2D eigenvalue weighted by molar-refractivity contribution is 8.03. The van der Waals surface area contributed by atoms with Gasteiger partial charge in [0.15, 0.2) is 0 Å². The largest absolute Gasteiger partial charge is 0.416 e. The average molecular weight is 400 g/mol. The van der Waals surface area contributed by atoms with E-state index in [-0.39, 0.29) is 32.6 Å². The van der Waals surface area contributed by atoms with Crippen molar-refractivity contribution < 1.29 is 22.8 Å². The molecule has 0 saturated heterocycles. The Morgan fingerprint density at radius 1 is 1.19 bits per heavy atom. The Morgan fingerprint density at radius 3 is 2.54 bits per heavy atom. The van der Waals surface area contributed by atoms with Crippen molar-refractivity contribution in [2.24, 2.45) is 0 Å². The lowest BCUT2D eigenvalue weighted by Gasteiger charge is -2.20. The Balaban J connectivity index is 2.04. The van der Waals surface area contributed by atoms with E-state index in [1.165, 1.54) is 6.20 Å². The molecule has 0 aliphatic heterocycles. The lowest BCUT2D eigenvalue weighted by atomic mass is 9.98. The van der Waals surface area contributed by atoms with Crippen molar-refractivity contribution in [2.75, 3.05) is 11.6 Å². The number of Topliss-reactive ketones (excluding diaryl/α,β-unsaturated/α-hetero) is 2. The summed E-state index contributed by atoms with van der Waals surface area (Å²) in [6.45, 7) is 0. The lowest BCUT2D eigenvalue weighted by Crippen LogP contribution is -2.26. The summed E-state index contributed by atoms with van der Waals surface area (Å²) in [4.78, 5) is 32.9. The fourth-order valence-electron chi connectivity index (χ4n) is 2.37. The average Bonchev–Trinajstić information content (AvgIpc) is 2.60. The molecule has 0 amide bonds. The first kappa shape index (κ1) is 18.4. The van der Waals surface area contributed by atoms with Gasteiger partial charge < -0.3 is 5.32 Å². The van der Waals surface area contributed by atoms with Crippen LogP contribution in [0.3, 0.4) is 0 Å². The van der Waals surface area contributed by atoms with E-state index in [9.17, 15) is 22.8 Å². The van der Waals surface area contributed by atoms with Crippen molar-refractivity contribution in [3.8, 4) is 0 Å². The molecule has 134 valence electrons. The van der Waals surface area contributed by atoms with E-state index in [1.807, 2.05) is 0 Å². The molecule has 0 spiro atoms. The number of carbonyl (C=O) groups is 2. The van der Waals surface area contributed by atoms with Gasteiger partial charge in [-0.2, -0.15) is 13.2 Å². The van der Waals surface area contributed by atoms with Crippen LogP contribution in [0.2, 0.25) is 5.02 Å². The van der Waals surface area contributed by atoms with Gasteiger partial charge in [0.25, 0.3) is 0 Å². The lowest BCUT2D eigenvalue weighted by molar-refractivity contribution is -0.137. The second kappa shape index (κ2) is 6.73. The van der Waals surface area contributed by atoms with E-state index in [0.717, 1.165) is 36.3 Å². The Hall–Kier alpha value is -2.39. The normalized spacial score (nSPS) is 14.5. The molecule has 0 fully saturated rings. The number of anilines is 1. The van der Waals surface area contributed by atoms with Crippen LogP contribution >= 0.6 is 23.4 Å². The molecule has 0 bridgehead atoms. The number of carbonyl (C=O) groups excluding carboxylic acids is 2. The van der Waals surface area contributed by atoms with Crippen molar-refractivity contribution in [3.05, 3.63) is 63.2 Å². The molecular weight excluding hydrogens is 391 g/mol. The fraction of sp³-hybridized carbons (Fsp3) is 0.125. The molecule has 1 N–H and O–H groups in total. The zero-order chi connectivity index (χ0) is 19.1. The summed E-state index contributed by atoms with van der Waals surface area (Å²) < 4.78 is 38.2. The number of alkyl halides is 3. The number of nitrogens with zero attached hydrogens (tertiary/aromatic N) is 2. The first-order valence-corrected chi connectivity index (χ1v) is 8.65. The number of nitrogens with one attached hydrogen (secondary N) is 1. The maximum atomic E-state index is 12.7. The van der Waals surface area contributed by atoms with Crippen LogP contribution in [0.15, 0.2) is 41.3 Å². The summed E-state index contributed by atoms with van der Waals surface area (Å²) >= 11 is 6.94. The van der Waals surface area contributed by atoms with Gasteiger partial charge in [0.2, 0.25) is 11.6 Å². The van der Waals surface area contributed by atoms with Gasteiger partial charge in [-0.15, -0.1) is 11.8 Å². The molecule has 1 aliphatic rings. The smallest absolute Gasteiger partial charge is 0.350 e. The van der Waals surface area contributed by atoms with E-state index in [2.05, 4.69) is 15.3 Å². The monoisotopic (exact) mass is 399 g/mol. The highest BCUT2D eigenvalue weighted by Gasteiger charge is 2.34. The van der Waals surface area contributed by atoms with Crippen LogP contribution in [-0.4, -0.2) is 27.8 Å². The molecule has 2 aromatic rings.